The maximum absolute atomic E-state index is 12.0. The first-order valence-electron chi connectivity index (χ1n) is 7.46. The fourth-order valence-corrected chi connectivity index (χ4v) is 2.60. The Bertz CT molecular complexity index is 964. The van der Waals surface area contributed by atoms with Gasteiger partial charge in [-0.3, -0.25) is 14.9 Å². The molecule has 1 aromatic heterocycles. The topological polar surface area (TPSA) is 103 Å². The van der Waals surface area contributed by atoms with Crippen molar-refractivity contribution in [3.05, 3.63) is 64.5 Å². The van der Waals surface area contributed by atoms with Crippen molar-refractivity contribution in [3.8, 4) is 22.5 Å². The van der Waals surface area contributed by atoms with Crippen molar-refractivity contribution < 1.29 is 9.72 Å². The van der Waals surface area contributed by atoms with Gasteiger partial charge in [0, 0.05) is 37.4 Å². The fraction of sp³-hybridized carbons (Fsp3) is 0.118. The summed E-state index contributed by atoms with van der Waals surface area (Å²) in [7, 11) is 3.30. The number of benzene rings is 2. The van der Waals surface area contributed by atoms with Crippen LogP contribution in [0.1, 0.15) is 10.4 Å². The first-order chi connectivity index (χ1) is 12.0. The lowest BCUT2D eigenvalue weighted by atomic mass is 9.96. The highest BCUT2D eigenvalue weighted by atomic mass is 16.6. The molecule has 126 valence electrons. The lowest BCUT2D eigenvalue weighted by Gasteiger charge is -2.10. The molecule has 1 amide bonds. The summed E-state index contributed by atoms with van der Waals surface area (Å²) in [5, 5.41) is 21.7. The molecule has 8 heteroatoms. The fourth-order valence-electron chi connectivity index (χ4n) is 2.60. The molecule has 2 aromatic carbocycles. The smallest absolute Gasteiger partial charge is 0.270 e. The van der Waals surface area contributed by atoms with Crippen LogP contribution < -0.4 is 5.32 Å². The molecule has 0 unspecified atom stereocenters. The van der Waals surface area contributed by atoms with Crippen LogP contribution in [0.25, 0.3) is 22.5 Å². The number of amides is 1. The summed E-state index contributed by atoms with van der Waals surface area (Å²) >= 11 is 0. The van der Waals surface area contributed by atoms with Crippen molar-refractivity contribution in [2.45, 2.75) is 0 Å². The van der Waals surface area contributed by atoms with E-state index >= 15 is 0 Å². The zero-order valence-electron chi connectivity index (χ0n) is 13.6. The number of carbonyl (C=O) groups is 1. The van der Waals surface area contributed by atoms with Gasteiger partial charge in [0.15, 0.2) is 5.82 Å². The maximum Gasteiger partial charge on any atom is 0.270 e. The van der Waals surface area contributed by atoms with E-state index in [0.717, 1.165) is 11.1 Å². The predicted molar refractivity (Wildman–Crippen MR) is 91.9 cm³/mol. The van der Waals surface area contributed by atoms with Crippen molar-refractivity contribution in [1.82, 2.24) is 20.1 Å². The highest BCUT2D eigenvalue weighted by Crippen LogP contribution is 2.33. The molecule has 1 N–H and O–H groups in total. The average molecular weight is 337 g/mol. The van der Waals surface area contributed by atoms with Crippen molar-refractivity contribution in [2.24, 2.45) is 7.05 Å². The van der Waals surface area contributed by atoms with Crippen molar-refractivity contribution in [2.75, 3.05) is 7.05 Å². The standard InChI is InChI=1S/C17H15N5O3/c1-18-17(23)12-7-11(8-13(9-12)22(24)25)14-5-3-4-6-15(14)16-20-19-10-21(16)2/h3-10H,1-2H3,(H,18,23). The van der Waals surface area contributed by atoms with Crippen LogP contribution >= 0.6 is 0 Å². The quantitative estimate of drug-likeness (QED) is 0.582. The number of rotatable bonds is 4. The van der Waals surface area contributed by atoms with Gasteiger partial charge in [0.1, 0.15) is 6.33 Å². The van der Waals surface area contributed by atoms with Gasteiger partial charge in [-0.2, -0.15) is 0 Å². The minimum Gasteiger partial charge on any atom is -0.355 e. The molecule has 0 spiro atoms. The number of hydrogen-bond donors (Lipinski definition) is 1. The average Bonchev–Trinajstić information content (AvgIpc) is 3.06. The Morgan fingerprint density at radius 2 is 1.92 bits per heavy atom. The minimum atomic E-state index is -0.513. The Morgan fingerprint density at radius 1 is 1.20 bits per heavy atom. The van der Waals surface area contributed by atoms with Crippen molar-refractivity contribution >= 4 is 11.6 Å². The van der Waals surface area contributed by atoms with Crippen LogP contribution in [0.2, 0.25) is 0 Å². The first kappa shape index (κ1) is 16.3. The first-order valence-corrected chi connectivity index (χ1v) is 7.46. The van der Waals surface area contributed by atoms with E-state index in [9.17, 15) is 14.9 Å². The predicted octanol–water partition coefficient (Wildman–Crippen LogP) is 2.42. The number of nitrogens with zero attached hydrogens (tertiary/aromatic N) is 4. The Morgan fingerprint density at radius 3 is 2.52 bits per heavy atom. The molecule has 0 fully saturated rings. The number of non-ortho nitro benzene ring substituents is 1. The molecule has 3 aromatic rings. The second kappa shape index (κ2) is 6.52. The van der Waals surface area contributed by atoms with E-state index < -0.39 is 4.92 Å². The molecular weight excluding hydrogens is 322 g/mol. The number of hydrogen-bond acceptors (Lipinski definition) is 5. The van der Waals surface area contributed by atoms with Crippen molar-refractivity contribution in [1.29, 1.82) is 0 Å². The zero-order chi connectivity index (χ0) is 18.0. The molecule has 3 rings (SSSR count). The second-order valence-corrected chi connectivity index (χ2v) is 5.42. The van der Waals surface area contributed by atoms with E-state index in [1.807, 2.05) is 31.3 Å². The Kier molecular flexibility index (Phi) is 4.25. The largest absolute Gasteiger partial charge is 0.355 e. The summed E-state index contributed by atoms with van der Waals surface area (Å²) in [6, 6.07) is 11.7. The summed E-state index contributed by atoms with van der Waals surface area (Å²) in [6.45, 7) is 0. The molecule has 0 bridgehead atoms. The molecule has 0 aliphatic carbocycles. The maximum atomic E-state index is 12.0. The molecule has 0 aliphatic heterocycles. The lowest BCUT2D eigenvalue weighted by Crippen LogP contribution is -2.18. The molecule has 0 saturated carbocycles. The number of nitro benzene ring substituents is 1. The lowest BCUT2D eigenvalue weighted by molar-refractivity contribution is -0.384. The molecule has 25 heavy (non-hydrogen) atoms. The number of aryl methyl sites for hydroxylation is 1. The van der Waals surface area contributed by atoms with Gasteiger partial charge in [-0.15, -0.1) is 10.2 Å². The van der Waals surface area contributed by atoms with Crippen LogP contribution in [0.5, 0.6) is 0 Å². The summed E-state index contributed by atoms with van der Waals surface area (Å²) in [4.78, 5) is 22.7. The van der Waals surface area contributed by atoms with Gasteiger partial charge in [0.05, 0.1) is 4.92 Å². The van der Waals surface area contributed by atoms with Crippen LogP contribution in [0.4, 0.5) is 5.69 Å². The summed E-state index contributed by atoms with van der Waals surface area (Å²) in [5.41, 5.74) is 2.13. The van der Waals surface area contributed by atoms with Gasteiger partial charge in [-0.25, -0.2) is 0 Å². The molecule has 0 atom stereocenters. The third kappa shape index (κ3) is 3.09. The van der Waals surface area contributed by atoms with Crippen molar-refractivity contribution in [3.63, 3.8) is 0 Å². The summed E-state index contributed by atoms with van der Waals surface area (Å²) in [5.74, 6) is 0.240. The molecular formula is C17H15N5O3. The third-order valence-corrected chi connectivity index (χ3v) is 3.81. The third-order valence-electron chi connectivity index (χ3n) is 3.81. The number of nitro groups is 1. The molecule has 0 saturated heterocycles. The van der Waals surface area contributed by atoms with Crippen LogP contribution in [-0.2, 0) is 7.05 Å². The monoisotopic (exact) mass is 337 g/mol. The highest BCUT2D eigenvalue weighted by Gasteiger charge is 2.18. The molecule has 8 nitrogen and oxygen atoms in total. The van der Waals surface area contributed by atoms with Gasteiger partial charge in [-0.05, 0) is 17.2 Å². The SMILES string of the molecule is CNC(=O)c1cc(-c2ccccc2-c2nncn2C)cc([N+](=O)[O-])c1. The van der Waals surface area contributed by atoms with Gasteiger partial charge >= 0.3 is 0 Å². The number of carbonyl (C=O) groups excluding carboxylic acids is 1. The van der Waals surface area contributed by atoms with Crippen LogP contribution in [0.15, 0.2) is 48.8 Å². The Labute approximate surface area is 143 Å². The van der Waals surface area contributed by atoms with Crippen LogP contribution in [-0.4, -0.2) is 32.6 Å². The van der Waals surface area contributed by atoms with E-state index in [0.29, 0.717) is 11.4 Å². The highest BCUT2D eigenvalue weighted by molar-refractivity contribution is 5.97. The number of nitrogens with one attached hydrogen (secondary N) is 1. The van der Waals surface area contributed by atoms with Gasteiger partial charge in [0.25, 0.3) is 11.6 Å². The Balaban J connectivity index is 2.24. The molecule has 1 heterocycles. The summed E-state index contributed by atoms with van der Waals surface area (Å²) < 4.78 is 1.76. The van der Waals surface area contributed by atoms with Gasteiger partial charge in [0.2, 0.25) is 0 Å². The minimum absolute atomic E-state index is 0.149. The van der Waals surface area contributed by atoms with E-state index in [1.54, 1.807) is 17.0 Å². The number of aromatic nitrogens is 3. The van der Waals surface area contributed by atoms with E-state index in [1.165, 1.54) is 19.2 Å². The molecule has 0 aliphatic rings. The van der Waals surface area contributed by atoms with Crippen LogP contribution in [0, 0.1) is 10.1 Å². The second-order valence-electron chi connectivity index (χ2n) is 5.42. The Hall–Kier alpha value is -3.55. The zero-order valence-corrected chi connectivity index (χ0v) is 13.6. The normalized spacial score (nSPS) is 10.5. The van der Waals surface area contributed by atoms with Crippen LogP contribution in [0.3, 0.4) is 0 Å². The van der Waals surface area contributed by atoms with E-state index in [4.69, 9.17) is 0 Å². The summed E-state index contributed by atoms with van der Waals surface area (Å²) in [6.07, 6.45) is 1.58. The molecule has 0 radical (unpaired) electrons. The van der Waals surface area contributed by atoms with E-state index in [2.05, 4.69) is 15.5 Å². The van der Waals surface area contributed by atoms with Gasteiger partial charge in [-0.1, -0.05) is 24.3 Å². The van der Waals surface area contributed by atoms with E-state index in [-0.39, 0.29) is 17.2 Å². The van der Waals surface area contributed by atoms with Gasteiger partial charge < -0.3 is 9.88 Å².